The second-order valence-corrected chi connectivity index (χ2v) is 4.92. The highest BCUT2D eigenvalue weighted by atomic mass is 19.4. The van der Waals surface area contributed by atoms with E-state index < -0.39 is 23.8 Å². The van der Waals surface area contributed by atoms with Gasteiger partial charge in [-0.2, -0.15) is 13.2 Å². The molecular formula is C16H14F3NO3. The highest BCUT2D eigenvalue weighted by Gasteiger charge is 2.30. The van der Waals surface area contributed by atoms with Gasteiger partial charge < -0.3 is 15.6 Å². The topological polar surface area (TPSA) is 72.5 Å². The minimum absolute atomic E-state index is 0.0412. The zero-order chi connectivity index (χ0) is 17.0. The van der Waals surface area contributed by atoms with E-state index in [4.69, 9.17) is 15.6 Å². The normalized spacial score (nSPS) is 12.7. The number of nitrogens with two attached hydrogens (primary N) is 1. The van der Waals surface area contributed by atoms with Gasteiger partial charge in [-0.05, 0) is 42.3 Å². The fourth-order valence-electron chi connectivity index (χ4n) is 1.95. The van der Waals surface area contributed by atoms with Crippen LogP contribution in [0.3, 0.4) is 0 Å². The lowest BCUT2D eigenvalue weighted by Crippen LogP contribution is -2.32. The molecule has 0 bridgehead atoms. The van der Waals surface area contributed by atoms with Crippen LogP contribution in [0.4, 0.5) is 13.2 Å². The first kappa shape index (κ1) is 16.8. The van der Waals surface area contributed by atoms with Crippen molar-refractivity contribution in [3.8, 4) is 11.5 Å². The fraction of sp³-hybridized carbons (Fsp3) is 0.188. The van der Waals surface area contributed by atoms with Gasteiger partial charge in [0.05, 0.1) is 5.56 Å². The average Bonchev–Trinajstić information content (AvgIpc) is 2.47. The Bertz CT molecular complexity index is 701. The smallest absolute Gasteiger partial charge is 0.416 e. The lowest BCUT2D eigenvalue weighted by Gasteiger charge is -2.11. The maximum absolute atomic E-state index is 12.7. The van der Waals surface area contributed by atoms with Gasteiger partial charge in [-0.1, -0.05) is 18.2 Å². The van der Waals surface area contributed by atoms with Crippen molar-refractivity contribution in [2.45, 2.75) is 18.6 Å². The molecular weight excluding hydrogens is 311 g/mol. The summed E-state index contributed by atoms with van der Waals surface area (Å²) < 4.78 is 43.4. The number of carboxylic acids is 1. The van der Waals surface area contributed by atoms with Crippen LogP contribution in [0.2, 0.25) is 0 Å². The van der Waals surface area contributed by atoms with E-state index in [1.807, 2.05) is 0 Å². The van der Waals surface area contributed by atoms with Crippen molar-refractivity contribution in [2.24, 2.45) is 5.73 Å². The first-order valence-corrected chi connectivity index (χ1v) is 6.68. The van der Waals surface area contributed by atoms with E-state index in [1.165, 1.54) is 12.1 Å². The summed E-state index contributed by atoms with van der Waals surface area (Å²) >= 11 is 0. The van der Waals surface area contributed by atoms with Gasteiger partial charge in [0.2, 0.25) is 0 Å². The van der Waals surface area contributed by atoms with Crippen molar-refractivity contribution in [2.75, 3.05) is 0 Å². The summed E-state index contributed by atoms with van der Waals surface area (Å²) in [7, 11) is 0. The van der Waals surface area contributed by atoms with Crippen LogP contribution in [0.5, 0.6) is 11.5 Å². The van der Waals surface area contributed by atoms with Gasteiger partial charge in [0.1, 0.15) is 17.5 Å². The maximum Gasteiger partial charge on any atom is 0.416 e. The van der Waals surface area contributed by atoms with Gasteiger partial charge in [0.25, 0.3) is 0 Å². The first-order valence-electron chi connectivity index (χ1n) is 6.68. The summed E-state index contributed by atoms with van der Waals surface area (Å²) in [6, 6.07) is 9.85. The molecule has 0 aliphatic heterocycles. The summed E-state index contributed by atoms with van der Waals surface area (Å²) in [6.07, 6.45) is -4.36. The van der Waals surface area contributed by atoms with Gasteiger partial charge in [-0.25, -0.2) is 0 Å². The van der Waals surface area contributed by atoms with Crippen LogP contribution in [-0.2, 0) is 17.4 Å². The molecule has 122 valence electrons. The van der Waals surface area contributed by atoms with E-state index in [-0.39, 0.29) is 12.2 Å². The van der Waals surface area contributed by atoms with Crippen molar-refractivity contribution in [3.05, 3.63) is 59.7 Å². The molecule has 1 atom stereocenters. The Hall–Kier alpha value is -2.54. The van der Waals surface area contributed by atoms with E-state index in [0.717, 1.165) is 12.1 Å². The largest absolute Gasteiger partial charge is 0.480 e. The molecule has 0 saturated carbocycles. The van der Waals surface area contributed by atoms with E-state index in [9.17, 15) is 18.0 Å². The van der Waals surface area contributed by atoms with E-state index in [2.05, 4.69) is 0 Å². The van der Waals surface area contributed by atoms with Gasteiger partial charge in [-0.15, -0.1) is 0 Å². The number of hydrogen-bond donors (Lipinski definition) is 2. The Labute approximate surface area is 130 Å². The second-order valence-electron chi connectivity index (χ2n) is 4.92. The molecule has 0 saturated heterocycles. The molecule has 0 aliphatic rings. The molecule has 0 spiro atoms. The summed E-state index contributed by atoms with van der Waals surface area (Å²) in [5.74, 6) is -0.784. The quantitative estimate of drug-likeness (QED) is 0.883. The predicted octanol–water partition coefficient (Wildman–Crippen LogP) is 3.45. The van der Waals surface area contributed by atoms with Gasteiger partial charge in [0.15, 0.2) is 0 Å². The number of ether oxygens (including phenoxy) is 1. The molecule has 0 radical (unpaired) electrons. The monoisotopic (exact) mass is 325 g/mol. The molecule has 0 amide bonds. The Kier molecular flexibility index (Phi) is 4.90. The molecule has 2 rings (SSSR count). The molecule has 3 N–H and O–H groups in total. The maximum atomic E-state index is 12.7. The van der Waals surface area contributed by atoms with Crippen molar-refractivity contribution >= 4 is 5.97 Å². The molecule has 23 heavy (non-hydrogen) atoms. The van der Waals surface area contributed by atoms with Crippen molar-refractivity contribution in [1.82, 2.24) is 0 Å². The third kappa shape index (κ3) is 4.72. The number of carboxylic acid groups (broad SMARTS) is 1. The lowest BCUT2D eigenvalue weighted by atomic mass is 10.1. The van der Waals surface area contributed by atoms with Crippen LogP contribution in [0, 0.1) is 0 Å². The van der Waals surface area contributed by atoms with Gasteiger partial charge >= 0.3 is 12.1 Å². The third-order valence-corrected chi connectivity index (χ3v) is 3.07. The Morgan fingerprint density at radius 1 is 1.13 bits per heavy atom. The summed E-state index contributed by atoms with van der Waals surface area (Å²) in [5.41, 5.74) is 5.26. The van der Waals surface area contributed by atoms with Crippen LogP contribution in [0.15, 0.2) is 48.5 Å². The van der Waals surface area contributed by atoms with Crippen LogP contribution in [-0.4, -0.2) is 17.1 Å². The molecule has 0 aliphatic carbocycles. The number of alkyl halides is 3. The standard InChI is InChI=1S/C16H14F3NO3/c17-16(18,19)11-4-2-6-13(9-11)23-12-5-1-3-10(7-12)8-14(20)15(21)22/h1-7,9,14H,8,20H2,(H,21,22). The zero-order valence-electron chi connectivity index (χ0n) is 11.9. The highest BCUT2D eigenvalue weighted by molar-refractivity contribution is 5.73. The molecule has 7 heteroatoms. The van der Waals surface area contributed by atoms with Crippen LogP contribution >= 0.6 is 0 Å². The molecule has 0 fully saturated rings. The van der Waals surface area contributed by atoms with Crippen LogP contribution in [0.1, 0.15) is 11.1 Å². The lowest BCUT2D eigenvalue weighted by molar-refractivity contribution is -0.139. The summed E-state index contributed by atoms with van der Waals surface area (Å²) in [4.78, 5) is 10.7. The summed E-state index contributed by atoms with van der Waals surface area (Å²) in [5, 5.41) is 8.79. The summed E-state index contributed by atoms with van der Waals surface area (Å²) in [6.45, 7) is 0. The fourth-order valence-corrected chi connectivity index (χ4v) is 1.95. The number of benzene rings is 2. The molecule has 4 nitrogen and oxygen atoms in total. The van der Waals surface area contributed by atoms with Crippen molar-refractivity contribution in [3.63, 3.8) is 0 Å². The molecule has 2 aromatic carbocycles. The number of carbonyl (C=O) groups is 1. The van der Waals surface area contributed by atoms with Crippen LogP contribution < -0.4 is 10.5 Å². The Morgan fingerprint density at radius 3 is 2.35 bits per heavy atom. The first-order chi connectivity index (χ1) is 10.8. The Morgan fingerprint density at radius 2 is 1.74 bits per heavy atom. The second kappa shape index (κ2) is 6.70. The predicted molar refractivity (Wildman–Crippen MR) is 77.3 cm³/mol. The van der Waals surface area contributed by atoms with Gasteiger partial charge in [-0.3, -0.25) is 4.79 Å². The SMILES string of the molecule is NC(Cc1cccc(Oc2cccc(C(F)(F)F)c2)c1)C(=O)O. The van der Waals surface area contributed by atoms with Gasteiger partial charge in [0, 0.05) is 0 Å². The number of halogens is 3. The number of hydrogen-bond acceptors (Lipinski definition) is 3. The van der Waals surface area contributed by atoms with E-state index >= 15 is 0 Å². The van der Waals surface area contributed by atoms with E-state index in [0.29, 0.717) is 11.3 Å². The third-order valence-electron chi connectivity index (χ3n) is 3.07. The number of rotatable bonds is 5. The average molecular weight is 325 g/mol. The number of aliphatic carboxylic acids is 1. The molecule has 0 aromatic heterocycles. The highest BCUT2D eigenvalue weighted by Crippen LogP contribution is 2.32. The van der Waals surface area contributed by atoms with Crippen LogP contribution in [0.25, 0.3) is 0 Å². The molecule has 1 unspecified atom stereocenters. The molecule has 2 aromatic rings. The minimum atomic E-state index is -4.45. The minimum Gasteiger partial charge on any atom is -0.480 e. The Balaban J connectivity index is 2.16. The van der Waals surface area contributed by atoms with Crippen molar-refractivity contribution in [1.29, 1.82) is 0 Å². The zero-order valence-corrected chi connectivity index (χ0v) is 11.9. The van der Waals surface area contributed by atoms with Crippen molar-refractivity contribution < 1.29 is 27.8 Å². The van der Waals surface area contributed by atoms with E-state index in [1.54, 1.807) is 24.3 Å². The molecule has 0 heterocycles.